The van der Waals surface area contributed by atoms with Gasteiger partial charge in [-0.05, 0) is 20.8 Å². The average molecular weight is 348 g/mol. The van der Waals surface area contributed by atoms with Crippen molar-refractivity contribution in [1.82, 2.24) is 5.32 Å². The van der Waals surface area contributed by atoms with Gasteiger partial charge in [-0.1, -0.05) is 42.4 Å². The van der Waals surface area contributed by atoms with E-state index in [1.54, 1.807) is 37.6 Å². The van der Waals surface area contributed by atoms with Crippen LogP contribution in [0.5, 0.6) is 0 Å². The summed E-state index contributed by atoms with van der Waals surface area (Å²) in [4.78, 5) is 23.7. The molecule has 22 heavy (non-hydrogen) atoms. The summed E-state index contributed by atoms with van der Waals surface area (Å²) in [5.41, 5.74) is -0.654. The van der Waals surface area contributed by atoms with Gasteiger partial charge in [-0.2, -0.15) is 5.26 Å². The van der Waals surface area contributed by atoms with Gasteiger partial charge in [0.25, 0.3) is 0 Å². The van der Waals surface area contributed by atoms with Crippen LogP contribution in [0.4, 0.5) is 4.79 Å². The van der Waals surface area contributed by atoms with Crippen LogP contribution in [0.3, 0.4) is 0 Å². The van der Waals surface area contributed by atoms with Crippen LogP contribution in [-0.4, -0.2) is 40.8 Å². The molecule has 0 aromatic heterocycles. The van der Waals surface area contributed by atoms with Gasteiger partial charge in [0.05, 0.1) is 0 Å². The number of nitrogens with one attached hydrogen (secondary N) is 1. The molecule has 0 aliphatic rings. The number of hydrogen-bond donors (Lipinski definition) is 1. The van der Waals surface area contributed by atoms with E-state index in [0.717, 1.165) is 0 Å². The molecule has 0 spiro atoms. The summed E-state index contributed by atoms with van der Waals surface area (Å²) in [6.07, 6.45) is -0.687. The summed E-state index contributed by atoms with van der Waals surface area (Å²) in [6.45, 7) is 11.0. The molecule has 126 valence electrons. The van der Waals surface area contributed by atoms with Crippen molar-refractivity contribution in [3.8, 4) is 6.07 Å². The molecule has 0 heterocycles. The zero-order valence-corrected chi connectivity index (χ0v) is 15.5. The molecule has 0 saturated carbocycles. The molecule has 0 radical (unpaired) electrons. The Morgan fingerprint density at radius 1 is 1.23 bits per heavy atom. The Kier molecular flexibility index (Phi) is 8.71. The first-order valence-corrected chi connectivity index (χ1v) is 9.10. The first kappa shape index (κ1) is 20.9. The van der Waals surface area contributed by atoms with Crippen LogP contribution in [0.15, 0.2) is 0 Å². The topological polar surface area (TPSA) is 88.4 Å². The van der Waals surface area contributed by atoms with Crippen molar-refractivity contribution in [3.05, 3.63) is 0 Å². The quantitative estimate of drug-likeness (QED) is 0.582. The first-order valence-electron chi connectivity index (χ1n) is 6.78. The van der Waals surface area contributed by atoms with Gasteiger partial charge in [0.2, 0.25) is 0 Å². The molecular weight excluding hydrogens is 324 g/mol. The van der Waals surface area contributed by atoms with E-state index < -0.39 is 23.7 Å². The maximum Gasteiger partial charge on any atom is 0.408 e. The largest absolute Gasteiger partial charge is 0.449 e. The summed E-state index contributed by atoms with van der Waals surface area (Å²) in [5, 5.41) is 11.0. The monoisotopic (exact) mass is 348 g/mol. The van der Waals surface area contributed by atoms with Crippen LogP contribution in [0.1, 0.15) is 41.5 Å². The number of amides is 1. The zero-order valence-electron chi connectivity index (χ0n) is 13.9. The van der Waals surface area contributed by atoms with Crippen LogP contribution in [0, 0.1) is 11.3 Å². The second kappa shape index (κ2) is 9.16. The second-order valence-corrected chi connectivity index (χ2v) is 9.61. The number of nitrogens with zero attached hydrogens (tertiary/aromatic N) is 1. The molecule has 1 amide bonds. The Hall–Kier alpha value is -1.07. The minimum Gasteiger partial charge on any atom is -0.449 e. The van der Waals surface area contributed by atoms with Gasteiger partial charge in [-0.3, -0.25) is 0 Å². The van der Waals surface area contributed by atoms with Gasteiger partial charge in [0.1, 0.15) is 17.7 Å². The van der Waals surface area contributed by atoms with Crippen LogP contribution >= 0.6 is 21.6 Å². The Labute approximate surface area is 140 Å². The summed E-state index contributed by atoms with van der Waals surface area (Å²) in [7, 11) is 3.05. The van der Waals surface area contributed by atoms with Crippen LogP contribution in [0.25, 0.3) is 0 Å². The third kappa shape index (κ3) is 11.6. The zero-order chi connectivity index (χ0) is 17.4. The Bertz CT molecular complexity index is 422. The van der Waals surface area contributed by atoms with E-state index in [2.05, 4.69) is 26.1 Å². The number of alkyl carbamates (subject to hydrolysis) is 1. The van der Waals surface area contributed by atoms with Crippen molar-refractivity contribution in [3.63, 3.8) is 0 Å². The van der Waals surface area contributed by atoms with E-state index in [0.29, 0.717) is 5.75 Å². The number of ether oxygens (including phenoxy) is 2. The predicted molar refractivity (Wildman–Crippen MR) is 89.5 cm³/mol. The molecule has 0 aromatic carbocycles. The molecule has 6 nitrogen and oxygen atoms in total. The smallest absolute Gasteiger partial charge is 0.408 e. The van der Waals surface area contributed by atoms with E-state index in [9.17, 15) is 9.59 Å². The average Bonchev–Trinajstić information content (AvgIpc) is 2.30. The molecule has 0 saturated heterocycles. The normalized spacial score (nSPS) is 13.0. The molecule has 0 unspecified atom stereocenters. The van der Waals surface area contributed by atoms with Gasteiger partial charge in [-0.25, -0.2) is 9.59 Å². The molecular formula is C14H24N2O4S2. The third-order valence-electron chi connectivity index (χ3n) is 1.80. The fraction of sp³-hybridized carbons (Fsp3) is 0.786. The Morgan fingerprint density at radius 3 is 2.27 bits per heavy atom. The lowest BCUT2D eigenvalue weighted by Gasteiger charge is -2.23. The lowest BCUT2D eigenvalue weighted by Crippen LogP contribution is -2.45. The molecule has 0 rings (SSSR count). The summed E-state index contributed by atoms with van der Waals surface area (Å²) in [5.74, 6) is -0.319. The maximum atomic E-state index is 11.9. The fourth-order valence-corrected chi connectivity index (χ4v) is 3.55. The van der Waals surface area contributed by atoms with Gasteiger partial charge < -0.3 is 14.8 Å². The minimum absolute atomic E-state index is 0.0255. The first-order chi connectivity index (χ1) is 9.94. The lowest BCUT2D eigenvalue weighted by atomic mass is 10.2. The highest BCUT2D eigenvalue weighted by atomic mass is 33.1. The molecule has 1 N–H and O–H groups in total. The molecule has 0 aromatic rings. The van der Waals surface area contributed by atoms with Crippen molar-refractivity contribution in [1.29, 1.82) is 5.26 Å². The highest BCUT2D eigenvalue weighted by Crippen LogP contribution is 2.35. The number of carbonyl (C=O) groups excluding carboxylic acids is 2. The Balaban J connectivity index is 4.62. The van der Waals surface area contributed by atoms with Crippen molar-refractivity contribution in [2.24, 2.45) is 0 Å². The SMILES string of the molecule is CC(C)(C)OC(=O)N[C@@H](CSSC(C)(C)C)C(=O)OCC#N. The predicted octanol–water partition coefficient (Wildman–Crippen LogP) is 3.13. The molecule has 0 aliphatic heterocycles. The molecule has 0 bridgehead atoms. The molecule has 1 atom stereocenters. The van der Waals surface area contributed by atoms with Gasteiger partial charge in [-0.15, -0.1) is 0 Å². The molecule has 8 heteroatoms. The minimum atomic E-state index is -0.858. The fourth-order valence-electron chi connectivity index (χ4n) is 1.10. The summed E-state index contributed by atoms with van der Waals surface area (Å²) in [6, 6.07) is 0.868. The standard InChI is InChI=1S/C14H24N2O4S2/c1-13(2,3)20-12(18)16-10(11(17)19-8-7-15)9-21-22-14(4,5)6/h10H,8-9H2,1-6H3,(H,16,18)/t10-/m0/s1. The Morgan fingerprint density at radius 2 is 1.82 bits per heavy atom. The van der Waals surface area contributed by atoms with E-state index in [1.165, 1.54) is 10.8 Å². The number of hydrogen-bond acceptors (Lipinski definition) is 7. The van der Waals surface area contributed by atoms with Gasteiger partial charge in [0, 0.05) is 10.5 Å². The second-order valence-electron chi connectivity index (χ2n) is 6.44. The van der Waals surface area contributed by atoms with Crippen LogP contribution in [-0.2, 0) is 14.3 Å². The van der Waals surface area contributed by atoms with Crippen molar-refractivity contribution in [2.75, 3.05) is 12.4 Å². The summed E-state index contributed by atoms with van der Waals surface area (Å²) < 4.78 is 9.93. The van der Waals surface area contributed by atoms with Gasteiger partial charge >= 0.3 is 12.1 Å². The van der Waals surface area contributed by atoms with E-state index in [4.69, 9.17) is 14.7 Å². The number of rotatable bonds is 6. The highest BCUT2D eigenvalue weighted by Gasteiger charge is 2.26. The van der Waals surface area contributed by atoms with E-state index >= 15 is 0 Å². The van der Waals surface area contributed by atoms with Crippen LogP contribution in [0.2, 0.25) is 0 Å². The maximum absolute atomic E-state index is 11.9. The number of esters is 1. The van der Waals surface area contributed by atoms with Crippen molar-refractivity contribution in [2.45, 2.75) is 57.9 Å². The summed E-state index contributed by atoms with van der Waals surface area (Å²) >= 11 is 0. The molecule has 0 fully saturated rings. The highest BCUT2D eigenvalue weighted by molar-refractivity contribution is 8.77. The number of carbonyl (C=O) groups is 2. The molecule has 0 aliphatic carbocycles. The van der Waals surface area contributed by atoms with Crippen LogP contribution < -0.4 is 5.32 Å². The van der Waals surface area contributed by atoms with Crippen molar-refractivity contribution < 1.29 is 19.1 Å². The van der Waals surface area contributed by atoms with E-state index in [-0.39, 0.29) is 11.4 Å². The van der Waals surface area contributed by atoms with Gasteiger partial charge in [0.15, 0.2) is 6.61 Å². The number of nitriles is 1. The van der Waals surface area contributed by atoms with Crippen molar-refractivity contribution >= 4 is 33.7 Å². The van der Waals surface area contributed by atoms with E-state index in [1.807, 2.05) is 0 Å². The lowest BCUT2D eigenvalue weighted by molar-refractivity contribution is -0.144. The third-order valence-corrected chi connectivity index (χ3v) is 5.15.